The van der Waals surface area contributed by atoms with Gasteiger partial charge in [0.15, 0.2) is 0 Å². The zero-order valence-corrected chi connectivity index (χ0v) is 10.4. The van der Waals surface area contributed by atoms with Crippen LogP contribution < -0.4 is 11.1 Å². The summed E-state index contributed by atoms with van der Waals surface area (Å²) in [7, 11) is 0. The molecule has 16 heavy (non-hydrogen) atoms. The molecule has 0 aromatic carbocycles. The molecule has 3 unspecified atom stereocenters. The van der Waals surface area contributed by atoms with Gasteiger partial charge in [-0.05, 0) is 39.2 Å². The van der Waals surface area contributed by atoms with Gasteiger partial charge >= 0.3 is 0 Å². The average molecular weight is 228 g/mol. The summed E-state index contributed by atoms with van der Waals surface area (Å²) in [5.74, 6) is 0.429. The molecule has 1 saturated carbocycles. The van der Waals surface area contributed by atoms with E-state index in [4.69, 9.17) is 10.5 Å². The van der Waals surface area contributed by atoms with Crippen LogP contribution in [-0.2, 0) is 9.53 Å². The van der Waals surface area contributed by atoms with E-state index in [-0.39, 0.29) is 18.1 Å². The highest BCUT2D eigenvalue weighted by Gasteiger charge is 2.26. The topological polar surface area (TPSA) is 64.3 Å². The molecule has 4 heteroatoms. The van der Waals surface area contributed by atoms with Crippen molar-refractivity contribution in [1.29, 1.82) is 0 Å². The van der Waals surface area contributed by atoms with Gasteiger partial charge in [-0.25, -0.2) is 0 Å². The minimum absolute atomic E-state index is 0.00722. The van der Waals surface area contributed by atoms with E-state index in [0.717, 1.165) is 12.8 Å². The molecule has 0 saturated heterocycles. The van der Waals surface area contributed by atoms with Gasteiger partial charge in [0.1, 0.15) is 6.10 Å². The molecule has 4 nitrogen and oxygen atoms in total. The Morgan fingerprint density at radius 1 is 1.50 bits per heavy atom. The lowest BCUT2D eigenvalue weighted by molar-refractivity contribution is -0.132. The van der Waals surface area contributed by atoms with Crippen LogP contribution in [0.3, 0.4) is 0 Å². The minimum atomic E-state index is -0.356. The molecule has 3 N–H and O–H groups in total. The predicted octanol–water partition coefficient (Wildman–Crippen LogP) is 1.05. The molecule has 0 aliphatic heterocycles. The molecule has 1 aliphatic carbocycles. The van der Waals surface area contributed by atoms with Crippen LogP contribution in [-0.4, -0.2) is 31.2 Å². The lowest BCUT2D eigenvalue weighted by Gasteiger charge is -2.32. The maximum atomic E-state index is 11.8. The zero-order chi connectivity index (χ0) is 12.0. The molecule has 3 atom stereocenters. The maximum Gasteiger partial charge on any atom is 0.249 e. The Bertz CT molecular complexity index is 221. The summed E-state index contributed by atoms with van der Waals surface area (Å²) in [6.45, 7) is 4.92. The van der Waals surface area contributed by atoms with E-state index in [1.54, 1.807) is 6.92 Å². The van der Waals surface area contributed by atoms with Crippen molar-refractivity contribution in [1.82, 2.24) is 5.32 Å². The largest absolute Gasteiger partial charge is 0.369 e. The second-order valence-corrected chi connectivity index (χ2v) is 4.49. The van der Waals surface area contributed by atoms with Gasteiger partial charge < -0.3 is 15.8 Å². The zero-order valence-electron chi connectivity index (χ0n) is 10.4. The molecule has 1 fully saturated rings. The average Bonchev–Trinajstić information content (AvgIpc) is 2.30. The first-order valence-corrected chi connectivity index (χ1v) is 6.31. The van der Waals surface area contributed by atoms with Crippen LogP contribution >= 0.6 is 0 Å². The Labute approximate surface area is 97.9 Å². The Kier molecular flexibility index (Phi) is 5.77. The first-order valence-electron chi connectivity index (χ1n) is 6.31. The standard InChI is InChI=1S/C12H24N2O2/c1-3-16-9(2)12(15)14-11-7-5-4-6-10(11)8-13/h9-11H,3-8,13H2,1-2H3,(H,14,15). The fourth-order valence-electron chi connectivity index (χ4n) is 2.31. The highest BCUT2D eigenvalue weighted by Crippen LogP contribution is 2.23. The summed E-state index contributed by atoms with van der Waals surface area (Å²) < 4.78 is 5.27. The number of carbonyl (C=O) groups is 1. The highest BCUT2D eigenvalue weighted by molar-refractivity contribution is 5.80. The molecule has 94 valence electrons. The van der Waals surface area contributed by atoms with Crippen molar-refractivity contribution in [2.45, 2.75) is 51.7 Å². The number of hydrogen-bond acceptors (Lipinski definition) is 3. The molecule has 1 aliphatic rings. The normalized spacial score (nSPS) is 27.4. The van der Waals surface area contributed by atoms with Crippen molar-refractivity contribution < 1.29 is 9.53 Å². The quantitative estimate of drug-likeness (QED) is 0.739. The Morgan fingerprint density at radius 2 is 2.19 bits per heavy atom. The van der Waals surface area contributed by atoms with Gasteiger partial charge in [-0.2, -0.15) is 0 Å². The van der Waals surface area contributed by atoms with Crippen LogP contribution in [0.25, 0.3) is 0 Å². The number of amides is 1. The highest BCUT2D eigenvalue weighted by atomic mass is 16.5. The summed E-state index contributed by atoms with van der Waals surface area (Å²) in [6.07, 6.45) is 4.24. The second-order valence-electron chi connectivity index (χ2n) is 4.49. The summed E-state index contributed by atoms with van der Waals surface area (Å²) in [6, 6.07) is 0.245. The molecular formula is C12H24N2O2. The third-order valence-electron chi connectivity index (χ3n) is 3.33. The van der Waals surface area contributed by atoms with Gasteiger partial charge in [0.05, 0.1) is 0 Å². The van der Waals surface area contributed by atoms with E-state index in [1.165, 1.54) is 12.8 Å². The fourth-order valence-corrected chi connectivity index (χ4v) is 2.31. The van der Waals surface area contributed by atoms with Gasteiger partial charge in [-0.3, -0.25) is 4.79 Å². The third-order valence-corrected chi connectivity index (χ3v) is 3.33. The smallest absolute Gasteiger partial charge is 0.249 e. The summed E-state index contributed by atoms with van der Waals surface area (Å²) in [5.41, 5.74) is 5.72. The number of nitrogens with one attached hydrogen (secondary N) is 1. The number of nitrogens with two attached hydrogens (primary N) is 1. The van der Waals surface area contributed by atoms with Crippen molar-refractivity contribution >= 4 is 5.91 Å². The van der Waals surface area contributed by atoms with Crippen LogP contribution in [0.5, 0.6) is 0 Å². The van der Waals surface area contributed by atoms with E-state index in [9.17, 15) is 4.79 Å². The predicted molar refractivity (Wildman–Crippen MR) is 64.0 cm³/mol. The van der Waals surface area contributed by atoms with Gasteiger partial charge in [0, 0.05) is 12.6 Å². The number of carbonyl (C=O) groups excluding carboxylic acids is 1. The van der Waals surface area contributed by atoms with Gasteiger partial charge in [-0.1, -0.05) is 12.8 Å². The summed E-state index contributed by atoms with van der Waals surface area (Å²) >= 11 is 0. The number of rotatable bonds is 5. The number of hydrogen-bond donors (Lipinski definition) is 2. The lowest BCUT2D eigenvalue weighted by atomic mass is 9.84. The van der Waals surface area contributed by atoms with Crippen LogP contribution in [0.1, 0.15) is 39.5 Å². The minimum Gasteiger partial charge on any atom is -0.369 e. The summed E-state index contributed by atoms with van der Waals surface area (Å²) in [4.78, 5) is 11.8. The van der Waals surface area contributed by atoms with Crippen LogP contribution in [0.15, 0.2) is 0 Å². The SMILES string of the molecule is CCOC(C)C(=O)NC1CCCCC1CN. The van der Waals surface area contributed by atoms with Crippen molar-refractivity contribution in [2.24, 2.45) is 11.7 Å². The fraction of sp³-hybridized carbons (Fsp3) is 0.917. The van der Waals surface area contributed by atoms with Crippen molar-refractivity contribution in [2.75, 3.05) is 13.2 Å². The van der Waals surface area contributed by atoms with Crippen LogP contribution in [0.4, 0.5) is 0 Å². The molecular weight excluding hydrogens is 204 g/mol. The molecule has 0 spiro atoms. The van der Waals surface area contributed by atoms with Crippen molar-refractivity contribution in [3.8, 4) is 0 Å². The summed E-state index contributed by atoms with van der Waals surface area (Å²) in [5, 5.41) is 3.06. The van der Waals surface area contributed by atoms with E-state index in [2.05, 4.69) is 5.32 Å². The molecule has 1 rings (SSSR count). The number of ether oxygens (including phenoxy) is 1. The Balaban J connectivity index is 2.41. The van der Waals surface area contributed by atoms with Gasteiger partial charge in [-0.15, -0.1) is 0 Å². The molecule has 0 aromatic rings. The van der Waals surface area contributed by atoms with Crippen molar-refractivity contribution in [3.63, 3.8) is 0 Å². The van der Waals surface area contributed by atoms with Crippen LogP contribution in [0, 0.1) is 5.92 Å². The monoisotopic (exact) mass is 228 g/mol. The molecule has 0 bridgehead atoms. The second kappa shape index (κ2) is 6.86. The third kappa shape index (κ3) is 3.76. The van der Waals surface area contributed by atoms with E-state index in [1.807, 2.05) is 6.92 Å². The Hall–Kier alpha value is -0.610. The van der Waals surface area contributed by atoms with Crippen molar-refractivity contribution in [3.05, 3.63) is 0 Å². The van der Waals surface area contributed by atoms with E-state index in [0.29, 0.717) is 19.1 Å². The molecule has 0 heterocycles. The lowest BCUT2D eigenvalue weighted by Crippen LogP contribution is -2.48. The first-order chi connectivity index (χ1) is 7.69. The van der Waals surface area contributed by atoms with E-state index >= 15 is 0 Å². The molecule has 0 radical (unpaired) electrons. The molecule has 0 aromatic heterocycles. The van der Waals surface area contributed by atoms with Gasteiger partial charge in [0.2, 0.25) is 5.91 Å². The maximum absolute atomic E-state index is 11.8. The van der Waals surface area contributed by atoms with Crippen LogP contribution in [0.2, 0.25) is 0 Å². The molecule has 1 amide bonds. The van der Waals surface area contributed by atoms with E-state index < -0.39 is 0 Å². The van der Waals surface area contributed by atoms with Gasteiger partial charge in [0.25, 0.3) is 0 Å². The Morgan fingerprint density at radius 3 is 2.81 bits per heavy atom. The first kappa shape index (κ1) is 13.5.